The van der Waals surface area contributed by atoms with Crippen LogP contribution in [0.15, 0.2) is 30.7 Å². The number of carbonyl (C=O) groups is 2. The molecule has 0 spiro atoms. The lowest BCUT2D eigenvalue weighted by molar-refractivity contribution is -0.142. The van der Waals surface area contributed by atoms with Crippen LogP contribution in [0.5, 0.6) is 5.88 Å². The third kappa shape index (κ3) is 3.63. The maximum absolute atomic E-state index is 13.1. The normalized spacial score (nSPS) is 18.8. The monoisotopic (exact) mass is 410 g/mol. The lowest BCUT2D eigenvalue weighted by Gasteiger charge is -2.26. The molecule has 4 rings (SSSR count). The van der Waals surface area contributed by atoms with Gasteiger partial charge >= 0.3 is 5.97 Å². The van der Waals surface area contributed by atoms with E-state index >= 15 is 0 Å². The van der Waals surface area contributed by atoms with E-state index < -0.39 is 5.97 Å². The Morgan fingerprint density at radius 3 is 2.70 bits per heavy atom. The van der Waals surface area contributed by atoms with Gasteiger partial charge in [0.2, 0.25) is 5.88 Å². The summed E-state index contributed by atoms with van der Waals surface area (Å²) in [6.45, 7) is 0. The molecule has 3 aromatic rings. The quantitative estimate of drug-likeness (QED) is 0.577. The van der Waals surface area contributed by atoms with Gasteiger partial charge in [0.15, 0.2) is 5.82 Å². The van der Waals surface area contributed by atoms with E-state index in [-0.39, 0.29) is 23.7 Å². The molecule has 30 heavy (non-hydrogen) atoms. The highest BCUT2D eigenvalue weighted by atomic mass is 16.5. The molecule has 0 radical (unpaired) electrons. The highest BCUT2D eigenvalue weighted by molar-refractivity contribution is 6.05. The molecule has 0 aromatic carbocycles. The van der Waals surface area contributed by atoms with Crippen molar-refractivity contribution < 1.29 is 19.4 Å². The van der Waals surface area contributed by atoms with E-state index in [1.54, 1.807) is 28.9 Å². The van der Waals surface area contributed by atoms with E-state index in [1.165, 1.54) is 13.4 Å². The molecule has 0 bridgehead atoms. The van der Waals surface area contributed by atoms with Gasteiger partial charge in [-0.3, -0.25) is 9.59 Å². The first kappa shape index (κ1) is 19.6. The van der Waals surface area contributed by atoms with Crippen molar-refractivity contribution in [3.8, 4) is 17.1 Å². The van der Waals surface area contributed by atoms with Gasteiger partial charge in [0.25, 0.3) is 5.91 Å². The van der Waals surface area contributed by atoms with Gasteiger partial charge in [-0.05, 0) is 37.8 Å². The average molecular weight is 410 g/mol. The zero-order valence-electron chi connectivity index (χ0n) is 16.4. The molecule has 1 aliphatic rings. The van der Waals surface area contributed by atoms with Crippen LogP contribution in [0.25, 0.3) is 16.8 Å². The van der Waals surface area contributed by atoms with E-state index in [4.69, 9.17) is 15.6 Å². The zero-order chi connectivity index (χ0) is 21.3. The van der Waals surface area contributed by atoms with Gasteiger partial charge in [-0.25, -0.2) is 14.5 Å². The van der Waals surface area contributed by atoms with Crippen molar-refractivity contribution in [2.75, 3.05) is 12.8 Å². The molecule has 10 nitrogen and oxygen atoms in total. The number of nitrogens with one attached hydrogen (secondary N) is 1. The van der Waals surface area contributed by atoms with Gasteiger partial charge in [0.1, 0.15) is 11.8 Å². The van der Waals surface area contributed by atoms with Crippen LogP contribution in [0.4, 0.5) is 5.82 Å². The number of hydrogen-bond donors (Lipinski definition) is 3. The smallest absolute Gasteiger partial charge is 0.306 e. The third-order valence-corrected chi connectivity index (χ3v) is 5.48. The Labute approximate surface area is 172 Å². The maximum Gasteiger partial charge on any atom is 0.306 e. The predicted molar refractivity (Wildman–Crippen MR) is 108 cm³/mol. The number of amides is 1. The van der Waals surface area contributed by atoms with Gasteiger partial charge in [-0.15, -0.1) is 0 Å². The molecule has 1 aliphatic carbocycles. The number of methoxy groups -OCH3 is 1. The largest absolute Gasteiger partial charge is 0.481 e. The van der Waals surface area contributed by atoms with E-state index in [1.807, 2.05) is 0 Å². The number of rotatable bonds is 5. The third-order valence-electron chi connectivity index (χ3n) is 5.48. The van der Waals surface area contributed by atoms with E-state index in [0.29, 0.717) is 48.3 Å². The number of pyridine rings is 1. The summed E-state index contributed by atoms with van der Waals surface area (Å²) < 4.78 is 6.77. The topological polar surface area (TPSA) is 145 Å². The van der Waals surface area contributed by atoms with E-state index in [2.05, 4.69) is 20.4 Å². The molecular formula is C20H22N6O4. The fourth-order valence-electron chi connectivity index (χ4n) is 3.87. The predicted octanol–water partition coefficient (Wildman–Crippen LogP) is 1.76. The zero-order valence-corrected chi connectivity index (χ0v) is 16.4. The Kier molecular flexibility index (Phi) is 5.21. The fourth-order valence-corrected chi connectivity index (χ4v) is 3.87. The number of carbonyl (C=O) groups excluding carboxylic acids is 1. The molecule has 10 heteroatoms. The van der Waals surface area contributed by atoms with Crippen LogP contribution in [0.3, 0.4) is 0 Å². The molecule has 0 aliphatic heterocycles. The summed E-state index contributed by atoms with van der Waals surface area (Å²) in [5.74, 6) is -0.783. The fraction of sp³-hybridized carbons (Fsp3) is 0.350. The number of hydrogen-bond acceptors (Lipinski definition) is 7. The molecule has 156 valence electrons. The number of anilines is 1. The number of carboxylic acids is 1. The standard InChI is InChI=1S/C20H22N6O4/c1-30-16-8-12(6-7-22-16)15-9-14(17-18(21)23-10-24-26(15)17)19(27)25-13-4-2-11(3-5-13)20(28)29/h6-11,13H,2-5H2,1H3,(H,25,27)(H,28,29)(H2,21,23,24)/t11-,13+. The first-order valence-electron chi connectivity index (χ1n) is 9.64. The number of nitrogens with zero attached hydrogens (tertiary/aromatic N) is 4. The van der Waals surface area contributed by atoms with Crippen molar-refractivity contribution in [3.63, 3.8) is 0 Å². The summed E-state index contributed by atoms with van der Waals surface area (Å²) in [5, 5.41) is 16.4. The van der Waals surface area contributed by atoms with Gasteiger partial charge in [0.05, 0.1) is 24.3 Å². The molecule has 3 aromatic heterocycles. The van der Waals surface area contributed by atoms with Crippen LogP contribution < -0.4 is 15.8 Å². The number of nitrogen functional groups attached to an aromatic ring is 1. The van der Waals surface area contributed by atoms with E-state index in [9.17, 15) is 9.59 Å². The summed E-state index contributed by atoms with van der Waals surface area (Å²) in [6.07, 6.45) is 5.27. The van der Waals surface area contributed by atoms with Gasteiger partial charge in [-0.2, -0.15) is 5.10 Å². The summed E-state index contributed by atoms with van der Waals surface area (Å²) in [4.78, 5) is 32.4. The van der Waals surface area contributed by atoms with Crippen LogP contribution in [0.1, 0.15) is 36.0 Å². The molecule has 1 fully saturated rings. The van der Waals surface area contributed by atoms with Crippen molar-refractivity contribution in [1.82, 2.24) is 24.9 Å². The molecule has 1 saturated carbocycles. The molecule has 3 heterocycles. The maximum atomic E-state index is 13.1. The lowest BCUT2D eigenvalue weighted by atomic mass is 9.86. The molecular weight excluding hydrogens is 388 g/mol. The van der Waals surface area contributed by atoms with Crippen LogP contribution >= 0.6 is 0 Å². The SMILES string of the molecule is COc1cc(-c2cc(C(=O)N[C@H]3CC[C@@H](C(=O)O)CC3)c3c(N)ncnn23)ccn1. The first-order valence-corrected chi connectivity index (χ1v) is 9.64. The number of carboxylic acid groups (broad SMARTS) is 1. The summed E-state index contributed by atoms with van der Waals surface area (Å²) in [7, 11) is 1.53. The second-order valence-electron chi connectivity index (χ2n) is 7.30. The Morgan fingerprint density at radius 2 is 2.00 bits per heavy atom. The van der Waals surface area contributed by atoms with Crippen LogP contribution in [0, 0.1) is 5.92 Å². The summed E-state index contributed by atoms with van der Waals surface area (Å²) in [5.41, 5.74) is 8.26. The van der Waals surface area contributed by atoms with E-state index in [0.717, 1.165) is 5.56 Å². The molecule has 0 unspecified atom stereocenters. The molecule has 1 amide bonds. The Bertz CT molecular complexity index is 1100. The van der Waals surface area contributed by atoms with Crippen LogP contribution in [-0.2, 0) is 4.79 Å². The number of fused-ring (bicyclic) bond motifs is 1. The number of nitrogens with two attached hydrogens (primary N) is 1. The van der Waals surface area contributed by atoms with Crippen molar-refractivity contribution >= 4 is 23.2 Å². The minimum Gasteiger partial charge on any atom is -0.481 e. The highest BCUT2D eigenvalue weighted by Gasteiger charge is 2.28. The molecule has 0 atom stereocenters. The highest BCUT2D eigenvalue weighted by Crippen LogP contribution is 2.30. The summed E-state index contributed by atoms with van der Waals surface area (Å²) >= 11 is 0. The number of ether oxygens (including phenoxy) is 1. The Balaban J connectivity index is 1.66. The van der Waals surface area contributed by atoms with Crippen LogP contribution in [-0.4, -0.2) is 49.7 Å². The van der Waals surface area contributed by atoms with Gasteiger partial charge < -0.3 is 20.9 Å². The number of aliphatic carboxylic acids is 1. The summed E-state index contributed by atoms with van der Waals surface area (Å²) in [6, 6.07) is 5.16. The van der Waals surface area contributed by atoms with Crippen molar-refractivity contribution in [2.24, 2.45) is 5.92 Å². The minimum absolute atomic E-state index is 0.0848. The van der Waals surface area contributed by atoms with Gasteiger partial charge in [0, 0.05) is 23.9 Å². The molecule has 4 N–H and O–H groups in total. The average Bonchev–Trinajstić information content (AvgIpc) is 3.15. The van der Waals surface area contributed by atoms with Crippen molar-refractivity contribution in [1.29, 1.82) is 0 Å². The Morgan fingerprint density at radius 1 is 1.23 bits per heavy atom. The van der Waals surface area contributed by atoms with Crippen molar-refractivity contribution in [3.05, 3.63) is 36.3 Å². The second kappa shape index (κ2) is 7.97. The second-order valence-corrected chi connectivity index (χ2v) is 7.30. The first-order chi connectivity index (χ1) is 14.5. The van der Waals surface area contributed by atoms with Gasteiger partial charge in [-0.1, -0.05) is 0 Å². The van der Waals surface area contributed by atoms with Crippen molar-refractivity contribution in [2.45, 2.75) is 31.7 Å². The van der Waals surface area contributed by atoms with Crippen LogP contribution in [0.2, 0.25) is 0 Å². The Hall–Kier alpha value is -3.69. The lowest BCUT2D eigenvalue weighted by Crippen LogP contribution is -2.38. The minimum atomic E-state index is -0.777. The molecule has 0 saturated heterocycles. The number of aromatic nitrogens is 4.